The topological polar surface area (TPSA) is 41.1 Å². The Morgan fingerprint density at radius 3 is 2.50 bits per heavy atom. The molecule has 3 nitrogen and oxygen atoms in total. The third kappa shape index (κ3) is 4.29. The molecule has 1 aliphatic carbocycles. The molecular weight excluding hydrogens is 248 g/mol. The lowest BCUT2D eigenvalue weighted by Gasteiger charge is -2.41. The number of hydrogen-bond acceptors (Lipinski definition) is 3. The van der Waals surface area contributed by atoms with Crippen molar-refractivity contribution in [1.82, 2.24) is 10.9 Å². The van der Waals surface area contributed by atoms with Gasteiger partial charge in [0.2, 0.25) is 0 Å². The Kier molecular flexibility index (Phi) is 6.21. The number of hydrogen-bond donors (Lipinski definition) is 2. The van der Waals surface area contributed by atoms with E-state index >= 15 is 0 Å². The Bertz CT molecular complexity index is 323. The molecule has 118 valence electrons. The van der Waals surface area contributed by atoms with Crippen molar-refractivity contribution in [1.29, 1.82) is 0 Å². The summed E-state index contributed by atoms with van der Waals surface area (Å²) in [7, 11) is 1.85. The molecule has 0 aromatic carbocycles. The zero-order valence-corrected chi connectivity index (χ0v) is 14.3. The number of carbonyl (C=O) groups excluding carboxylic acids is 1. The molecule has 0 spiro atoms. The van der Waals surface area contributed by atoms with Gasteiger partial charge in [-0.1, -0.05) is 47.5 Å². The first-order valence-corrected chi connectivity index (χ1v) is 8.21. The molecule has 1 aliphatic rings. The van der Waals surface area contributed by atoms with Crippen molar-refractivity contribution in [2.24, 2.45) is 16.7 Å². The molecule has 0 radical (unpaired) electrons. The van der Waals surface area contributed by atoms with Gasteiger partial charge in [-0.3, -0.25) is 10.2 Å². The maximum Gasteiger partial charge on any atom is 0.156 e. The van der Waals surface area contributed by atoms with Gasteiger partial charge in [-0.05, 0) is 44.1 Å². The minimum absolute atomic E-state index is 0.0719. The summed E-state index contributed by atoms with van der Waals surface area (Å²) in [5, 5.41) is 0. The molecule has 0 amide bonds. The molecule has 0 bridgehead atoms. The summed E-state index contributed by atoms with van der Waals surface area (Å²) >= 11 is 0. The summed E-state index contributed by atoms with van der Waals surface area (Å²) in [6.45, 7) is 10.9. The summed E-state index contributed by atoms with van der Waals surface area (Å²) in [5.41, 5.74) is 6.32. The highest BCUT2D eigenvalue weighted by Gasteiger charge is 2.38. The third-order valence-electron chi connectivity index (χ3n) is 5.44. The van der Waals surface area contributed by atoms with E-state index in [-0.39, 0.29) is 11.5 Å². The van der Waals surface area contributed by atoms with Crippen LogP contribution in [0.5, 0.6) is 0 Å². The summed E-state index contributed by atoms with van der Waals surface area (Å²) in [4.78, 5) is 12.8. The summed E-state index contributed by atoms with van der Waals surface area (Å²) in [5.74, 6) is 0.981. The summed E-state index contributed by atoms with van der Waals surface area (Å²) < 4.78 is 0. The second-order valence-electron chi connectivity index (χ2n) is 7.72. The van der Waals surface area contributed by atoms with Crippen molar-refractivity contribution in [3.05, 3.63) is 0 Å². The van der Waals surface area contributed by atoms with Gasteiger partial charge in [-0.15, -0.1) is 0 Å². The summed E-state index contributed by atoms with van der Waals surface area (Å²) in [6.07, 6.45) is 7.04. The van der Waals surface area contributed by atoms with Gasteiger partial charge < -0.3 is 0 Å². The highest BCUT2D eigenvalue weighted by Crippen LogP contribution is 2.43. The van der Waals surface area contributed by atoms with Gasteiger partial charge in [0.25, 0.3) is 0 Å². The van der Waals surface area contributed by atoms with Gasteiger partial charge in [0.05, 0.1) is 6.04 Å². The van der Waals surface area contributed by atoms with E-state index in [1.165, 1.54) is 25.7 Å². The van der Waals surface area contributed by atoms with E-state index in [0.29, 0.717) is 17.1 Å². The van der Waals surface area contributed by atoms with Crippen LogP contribution < -0.4 is 10.9 Å². The average molecular weight is 282 g/mol. The molecule has 0 aliphatic heterocycles. The molecule has 1 fully saturated rings. The SMILES string of the molecule is CCC(C)(C)C(=O)C(CC1CCCCC1(C)C)NNC. The van der Waals surface area contributed by atoms with Crippen LogP contribution in [0, 0.1) is 16.7 Å². The van der Waals surface area contributed by atoms with Crippen LogP contribution in [-0.4, -0.2) is 18.9 Å². The van der Waals surface area contributed by atoms with Crippen LogP contribution in [0.25, 0.3) is 0 Å². The largest absolute Gasteiger partial charge is 0.297 e. The first-order chi connectivity index (χ1) is 9.24. The van der Waals surface area contributed by atoms with E-state index in [1.54, 1.807) is 0 Å². The second kappa shape index (κ2) is 7.04. The quantitative estimate of drug-likeness (QED) is 0.700. The molecule has 1 saturated carbocycles. The van der Waals surface area contributed by atoms with Crippen molar-refractivity contribution < 1.29 is 4.79 Å². The predicted molar refractivity (Wildman–Crippen MR) is 85.4 cm³/mol. The Morgan fingerprint density at radius 2 is 2.00 bits per heavy atom. The maximum atomic E-state index is 12.8. The average Bonchev–Trinajstić information content (AvgIpc) is 2.39. The Balaban J connectivity index is 2.79. The molecule has 20 heavy (non-hydrogen) atoms. The predicted octanol–water partition coefficient (Wildman–Crippen LogP) is 3.69. The lowest BCUT2D eigenvalue weighted by molar-refractivity contribution is -0.130. The molecule has 1 rings (SSSR count). The first-order valence-electron chi connectivity index (χ1n) is 8.21. The van der Waals surface area contributed by atoms with Crippen molar-refractivity contribution >= 4 is 5.78 Å². The Hall–Kier alpha value is -0.410. The monoisotopic (exact) mass is 282 g/mol. The van der Waals surface area contributed by atoms with E-state index in [2.05, 4.69) is 45.5 Å². The van der Waals surface area contributed by atoms with E-state index in [9.17, 15) is 4.79 Å². The smallest absolute Gasteiger partial charge is 0.156 e. The third-order valence-corrected chi connectivity index (χ3v) is 5.44. The van der Waals surface area contributed by atoms with Crippen LogP contribution in [0.4, 0.5) is 0 Å². The van der Waals surface area contributed by atoms with Crippen LogP contribution in [0.2, 0.25) is 0 Å². The number of nitrogens with one attached hydrogen (secondary N) is 2. The van der Waals surface area contributed by atoms with Crippen molar-refractivity contribution in [2.45, 2.75) is 79.2 Å². The standard InChI is InChI=1S/C17H34N2O/c1-7-16(2,3)15(20)14(19-18-6)12-13-10-8-9-11-17(13,4)5/h13-14,18-19H,7-12H2,1-6H3. The minimum Gasteiger partial charge on any atom is -0.297 e. The Morgan fingerprint density at radius 1 is 1.35 bits per heavy atom. The molecule has 0 aromatic heterocycles. The fraction of sp³-hybridized carbons (Fsp3) is 0.941. The molecular formula is C17H34N2O. The van der Waals surface area contributed by atoms with E-state index in [1.807, 2.05) is 7.05 Å². The van der Waals surface area contributed by atoms with Gasteiger partial charge in [0, 0.05) is 5.41 Å². The number of hydrazine groups is 1. The first kappa shape index (κ1) is 17.6. The number of carbonyl (C=O) groups is 1. The van der Waals surface area contributed by atoms with Gasteiger partial charge >= 0.3 is 0 Å². The normalized spacial score (nSPS) is 24.4. The molecule has 0 aromatic rings. The lowest BCUT2D eigenvalue weighted by atomic mass is 9.65. The molecule has 0 saturated heterocycles. The highest BCUT2D eigenvalue weighted by atomic mass is 16.1. The van der Waals surface area contributed by atoms with Crippen molar-refractivity contribution in [3.63, 3.8) is 0 Å². The van der Waals surface area contributed by atoms with E-state index in [4.69, 9.17) is 0 Å². The van der Waals surface area contributed by atoms with Crippen molar-refractivity contribution in [3.8, 4) is 0 Å². The molecule has 3 heteroatoms. The number of Topliss-reactive ketones (excluding diaryl/α,β-unsaturated/α-hetero) is 1. The molecule has 0 heterocycles. The highest BCUT2D eigenvalue weighted by molar-refractivity contribution is 5.89. The maximum absolute atomic E-state index is 12.8. The van der Waals surface area contributed by atoms with Gasteiger partial charge in [-0.25, -0.2) is 5.43 Å². The lowest BCUT2D eigenvalue weighted by Crippen LogP contribution is -2.50. The van der Waals surface area contributed by atoms with Gasteiger partial charge in [0.15, 0.2) is 5.78 Å². The van der Waals surface area contributed by atoms with Gasteiger partial charge in [0.1, 0.15) is 0 Å². The fourth-order valence-corrected chi connectivity index (χ4v) is 3.34. The van der Waals surface area contributed by atoms with Crippen LogP contribution in [0.3, 0.4) is 0 Å². The summed E-state index contributed by atoms with van der Waals surface area (Å²) in [6, 6.07) is -0.0719. The Labute approximate surface area is 125 Å². The molecule has 2 unspecified atom stereocenters. The van der Waals surface area contributed by atoms with Crippen molar-refractivity contribution in [2.75, 3.05) is 7.05 Å². The minimum atomic E-state index is -0.243. The number of rotatable bonds is 7. The second-order valence-corrected chi connectivity index (χ2v) is 7.72. The zero-order valence-electron chi connectivity index (χ0n) is 14.3. The van der Waals surface area contributed by atoms with Crippen LogP contribution >= 0.6 is 0 Å². The van der Waals surface area contributed by atoms with Gasteiger partial charge in [-0.2, -0.15) is 0 Å². The van der Waals surface area contributed by atoms with E-state index < -0.39 is 0 Å². The molecule has 2 atom stereocenters. The van der Waals surface area contributed by atoms with Crippen LogP contribution in [0.15, 0.2) is 0 Å². The van der Waals surface area contributed by atoms with Crippen LogP contribution in [0.1, 0.15) is 73.1 Å². The van der Waals surface area contributed by atoms with E-state index in [0.717, 1.165) is 12.8 Å². The fourth-order valence-electron chi connectivity index (χ4n) is 3.34. The molecule has 2 N–H and O–H groups in total. The number of ketones is 1. The van der Waals surface area contributed by atoms with Crippen LogP contribution in [-0.2, 0) is 4.79 Å². The zero-order chi connectivity index (χ0) is 15.4.